The Kier molecular flexibility index (Phi) is 7.36. The van der Waals surface area contributed by atoms with Crippen LogP contribution in [0.15, 0.2) is 39.3 Å². The van der Waals surface area contributed by atoms with E-state index in [1.54, 1.807) is 6.92 Å². The summed E-state index contributed by atoms with van der Waals surface area (Å²) in [6.07, 6.45) is 0. The van der Waals surface area contributed by atoms with Gasteiger partial charge in [0.1, 0.15) is 6.61 Å². The first-order valence-corrected chi connectivity index (χ1v) is 8.35. The Morgan fingerprint density at radius 3 is 2.65 bits per heavy atom. The number of ether oxygens (including phenoxy) is 2. The molecule has 1 aromatic carbocycles. The second-order valence-electron chi connectivity index (χ2n) is 3.82. The highest BCUT2D eigenvalue weighted by atomic mass is 79.9. The summed E-state index contributed by atoms with van der Waals surface area (Å²) in [5.74, 6) is -0.464. The number of carbonyl (C=O) groups excluding carboxylic acids is 1. The zero-order valence-electron chi connectivity index (χ0n) is 10.5. The van der Waals surface area contributed by atoms with Crippen LogP contribution >= 0.6 is 60.0 Å². The van der Waals surface area contributed by atoms with Crippen LogP contribution in [0.4, 0.5) is 0 Å². The van der Waals surface area contributed by atoms with Crippen LogP contribution in [0.1, 0.15) is 12.5 Å². The van der Waals surface area contributed by atoms with E-state index in [2.05, 4.69) is 54.4 Å². The lowest BCUT2D eigenvalue weighted by molar-refractivity contribution is -0.140. The molecular formula is C13H11Br3O3S. The molecule has 3 nitrogen and oxygen atoms in total. The van der Waals surface area contributed by atoms with Crippen LogP contribution in [0.5, 0.6) is 0 Å². The third kappa shape index (κ3) is 5.63. The smallest absolute Gasteiger partial charge is 0.333 e. The topological polar surface area (TPSA) is 35.5 Å². The zero-order chi connectivity index (χ0) is 15.3. The van der Waals surface area contributed by atoms with Crippen molar-refractivity contribution in [1.82, 2.24) is 0 Å². The lowest BCUT2D eigenvalue weighted by Gasteiger charge is -2.15. The van der Waals surface area contributed by atoms with Crippen molar-refractivity contribution in [3.63, 3.8) is 0 Å². The third-order valence-corrected chi connectivity index (χ3v) is 4.00. The van der Waals surface area contributed by atoms with E-state index in [0.29, 0.717) is 10.6 Å². The summed E-state index contributed by atoms with van der Waals surface area (Å²) in [4.78, 5) is 11.3. The average Bonchev–Trinajstić information content (AvgIpc) is 2.35. The van der Waals surface area contributed by atoms with E-state index in [9.17, 15) is 4.79 Å². The number of carbonyl (C=O) groups is 1. The molecule has 0 amide bonds. The summed E-state index contributed by atoms with van der Waals surface area (Å²) in [5, 5.41) is -0.216. The summed E-state index contributed by atoms with van der Waals surface area (Å²) in [7, 11) is 0. The number of benzene rings is 1. The van der Waals surface area contributed by atoms with E-state index in [0.717, 1.165) is 14.5 Å². The van der Waals surface area contributed by atoms with Gasteiger partial charge in [0.05, 0.1) is 0 Å². The number of hydrogen-bond acceptors (Lipinski definition) is 4. The number of thiocarbonyl (C=S) groups is 1. The second-order valence-corrected chi connectivity index (χ2v) is 6.98. The van der Waals surface area contributed by atoms with Gasteiger partial charge in [-0.3, -0.25) is 0 Å². The largest absolute Gasteiger partial charge is 0.465 e. The number of rotatable bonds is 5. The van der Waals surface area contributed by atoms with Crippen molar-refractivity contribution in [1.29, 1.82) is 0 Å². The van der Waals surface area contributed by atoms with Crippen LogP contribution in [-0.2, 0) is 14.3 Å². The summed E-state index contributed by atoms with van der Waals surface area (Å²) >= 11 is 15.2. The molecule has 1 unspecified atom stereocenters. The number of esters is 1. The molecule has 20 heavy (non-hydrogen) atoms. The molecule has 1 rings (SSSR count). The fraction of sp³-hybridized carbons (Fsp3) is 0.231. The molecule has 0 aliphatic heterocycles. The average molecular weight is 487 g/mol. The normalized spacial score (nSPS) is 11.6. The quantitative estimate of drug-likeness (QED) is 0.260. The fourth-order valence-electron chi connectivity index (χ4n) is 1.13. The van der Waals surface area contributed by atoms with E-state index in [-0.39, 0.29) is 6.61 Å². The molecule has 0 fully saturated rings. The lowest BCUT2D eigenvalue weighted by Crippen LogP contribution is -2.20. The predicted octanol–water partition coefficient (Wildman–Crippen LogP) is 4.74. The molecule has 0 saturated heterocycles. The number of halogens is 3. The number of hydrogen-bond donors (Lipinski definition) is 0. The maximum absolute atomic E-state index is 11.3. The predicted molar refractivity (Wildman–Crippen MR) is 93.1 cm³/mol. The Labute approximate surface area is 148 Å². The molecule has 0 spiro atoms. The SMILES string of the molecule is C=C(C)C(=O)OCC(Br)OC(=S)c1ccc(Br)cc1Br. The standard InChI is InChI=1S/C13H11Br3O3S/c1-7(2)12(17)18-6-11(16)19-13(20)9-4-3-8(14)5-10(9)15/h3-5,11H,1,6H2,2H3. The minimum Gasteiger partial charge on any atom is -0.465 e. The maximum Gasteiger partial charge on any atom is 0.333 e. The van der Waals surface area contributed by atoms with Gasteiger partial charge in [-0.15, -0.1) is 0 Å². The summed E-state index contributed by atoms with van der Waals surface area (Å²) < 4.78 is 12.2. The second kappa shape index (κ2) is 8.26. The van der Waals surface area contributed by atoms with Crippen LogP contribution in [0.3, 0.4) is 0 Å². The third-order valence-electron chi connectivity index (χ3n) is 2.08. The molecule has 1 atom stereocenters. The minimum absolute atomic E-state index is 0.0416. The van der Waals surface area contributed by atoms with Gasteiger partial charge in [0.25, 0.3) is 0 Å². The highest BCUT2D eigenvalue weighted by Gasteiger charge is 2.15. The van der Waals surface area contributed by atoms with Gasteiger partial charge in [0.2, 0.25) is 0 Å². The van der Waals surface area contributed by atoms with Gasteiger partial charge >= 0.3 is 5.97 Å². The van der Waals surface area contributed by atoms with Gasteiger partial charge < -0.3 is 9.47 Å². The number of alkyl halides is 1. The molecule has 0 N–H and O–H groups in total. The monoisotopic (exact) mass is 484 g/mol. The van der Waals surface area contributed by atoms with Crippen LogP contribution in [0.2, 0.25) is 0 Å². The molecule has 0 heterocycles. The first-order chi connectivity index (χ1) is 9.31. The fourth-order valence-corrected chi connectivity index (χ4v) is 3.23. The highest BCUT2D eigenvalue weighted by molar-refractivity contribution is 9.11. The van der Waals surface area contributed by atoms with Gasteiger partial charge in [0.15, 0.2) is 10.1 Å². The van der Waals surface area contributed by atoms with Gasteiger partial charge in [0, 0.05) is 20.1 Å². The Morgan fingerprint density at radius 2 is 2.10 bits per heavy atom. The Hall–Kier alpha value is -0.240. The molecule has 7 heteroatoms. The summed E-state index contributed by atoms with van der Waals surface area (Å²) in [6.45, 7) is 5.12. The Morgan fingerprint density at radius 1 is 1.45 bits per heavy atom. The van der Waals surface area contributed by atoms with Crippen molar-refractivity contribution in [3.8, 4) is 0 Å². The van der Waals surface area contributed by atoms with Crippen molar-refractivity contribution >= 4 is 71.0 Å². The molecule has 0 aliphatic carbocycles. The van der Waals surface area contributed by atoms with Gasteiger partial charge in [-0.05, 0) is 69.2 Å². The van der Waals surface area contributed by atoms with E-state index in [1.807, 2.05) is 18.2 Å². The maximum atomic E-state index is 11.3. The van der Waals surface area contributed by atoms with E-state index in [1.165, 1.54) is 0 Å². The summed E-state index contributed by atoms with van der Waals surface area (Å²) in [5.41, 5.74) is 1.09. The van der Waals surface area contributed by atoms with Crippen molar-refractivity contribution < 1.29 is 14.3 Å². The van der Waals surface area contributed by atoms with E-state index in [4.69, 9.17) is 21.7 Å². The van der Waals surface area contributed by atoms with Crippen LogP contribution in [0, 0.1) is 0 Å². The highest BCUT2D eigenvalue weighted by Crippen LogP contribution is 2.24. The minimum atomic E-state index is -0.520. The Balaban J connectivity index is 2.57. The molecule has 0 bridgehead atoms. The molecular weight excluding hydrogens is 476 g/mol. The van der Waals surface area contributed by atoms with Crippen molar-refractivity contribution in [2.75, 3.05) is 6.61 Å². The van der Waals surface area contributed by atoms with Gasteiger partial charge in [-0.25, -0.2) is 4.79 Å². The molecule has 0 aromatic heterocycles. The first-order valence-electron chi connectivity index (χ1n) is 5.44. The van der Waals surface area contributed by atoms with Crippen molar-refractivity contribution in [2.24, 2.45) is 0 Å². The van der Waals surface area contributed by atoms with Gasteiger partial charge in [-0.1, -0.05) is 22.5 Å². The van der Waals surface area contributed by atoms with Crippen LogP contribution < -0.4 is 0 Å². The van der Waals surface area contributed by atoms with E-state index >= 15 is 0 Å². The zero-order valence-corrected chi connectivity index (χ0v) is 16.1. The molecule has 0 aliphatic rings. The molecule has 0 saturated carbocycles. The molecule has 108 valence electrons. The summed E-state index contributed by atoms with van der Waals surface area (Å²) in [6, 6.07) is 5.56. The van der Waals surface area contributed by atoms with Gasteiger partial charge in [-0.2, -0.15) is 0 Å². The van der Waals surface area contributed by atoms with Crippen LogP contribution in [0.25, 0.3) is 0 Å². The molecule has 0 radical (unpaired) electrons. The van der Waals surface area contributed by atoms with Crippen molar-refractivity contribution in [2.45, 2.75) is 11.9 Å². The Bertz CT molecular complexity index is 546. The molecule has 1 aromatic rings. The lowest BCUT2D eigenvalue weighted by atomic mass is 10.2. The van der Waals surface area contributed by atoms with Crippen LogP contribution in [-0.4, -0.2) is 22.6 Å². The van der Waals surface area contributed by atoms with E-state index < -0.39 is 11.0 Å². The first kappa shape index (κ1) is 17.8. The van der Waals surface area contributed by atoms with Crippen molar-refractivity contribution in [3.05, 3.63) is 44.9 Å².